The predicted octanol–water partition coefficient (Wildman–Crippen LogP) is 3.31. The van der Waals surface area contributed by atoms with Gasteiger partial charge in [0.2, 0.25) is 5.89 Å². The molecule has 0 aliphatic heterocycles. The van der Waals surface area contributed by atoms with Crippen LogP contribution >= 0.6 is 11.3 Å². The summed E-state index contributed by atoms with van der Waals surface area (Å²) in [4.78, 5) is 19.1. The summed E-state index contributed by atoms with van der Waals surface area (Å²) in [5.41, 5.74) is 0.901. The summed E-state index contributed by atoms with van der Waals surface area (Å²) in [5, 5.41) is 4.91. The van der Waals surface area contributed by atoms with E-state index in [9.17, 15) is 4.79 Å². The molecule has 2 aromatic rings. The van der Waals surface area contributed by atoms with Crippen LogP contribution < -0.4 is 5.32 Å². The Morgan fingerprint density at radius 2 is 2.19 bits per heavy atom. The molecule has 0 bridgehead atoms. The van der Waals surface area contributed by atoms with Crippen molar-refractivity contribution in [1.29, 1.82) is 0 Å². The van der Waals surface area contributed by atoms with Crippen molar-refractivity contribution in [2.75, 3.05) is 19.6 Å². The van der Waals surface area contributed by atoms with Crippen LogP contribution in [0.2, 0.25) is 0 Å². The van der Waals surface area contributed by atoms with E-state index >= 15 is 0 Å². The van der Waals surface area contributed by atoms with Crippen molar-refractivity contribution in [2.45, 2.75) is 27.2 Å². The Labute approximate surface area is 129 Å². The number of nitrogens with zero attached hydrogens (tertiary/aromatic N) is 2. The van der Waals surface area contributed by atoms with Crippen LogP contribution in [0.25, 0.3) is 10.8 Å². The third kappa shape index (κ3) is 3.85. The van der Waals surface area contributed by atoms with E-state index in [2.05, 4.69) is 10.3 Å². The van der Waals surface area contributed by atoms with Gasteiger partial charge in [0.1, 0.15) is 5.76 Å². The summed E-state index contributed by atoms with van der Waals surface area (Å²) in [6, 6.07) is 3.94. The molecule has 21 heavy (non-hydrogen) atoms. The van der Waals surface area contributed by atoms with Gasteiger partial charge >= 0.3 is 6.03 Å². The molecule has 5 nitrogen and oxygen atoms in total. The Morgan fingerprint density at radius 3 is 2.81 bits per heavy atom. The molecule has 0 aromatic carbocycles. The van der Waals surface area contributed by atoms with Crippen molar-refractivity contribution < 1.29 is 9.21 Å². The fourth-order valence-corrected chi connectivity index (χ4v) is 2.73. The van der Waals surface area contributed by atoms with Gasteiger partial charge in [0, 0.05) is 26.1 Å². The van der Waals surface area contributed by atoms with Gasteiger partial charge in [0.25, 0.3) is 0 Å². The van der Waals surface area contributed by atoms with E-state index in [1.54, 1.807) is 16.2 Å². The van der Waals surface area contributed by atoms with Gasteiger partial charge < -0.3 is 14.6 Å². The highest BCUT2D eigenvalue weighted by atomic mass is 32.1. The second-order valence-corrected chi connectivity index (χ2v) is 5.60. The van der Waals surface area contributed by atoms with Gasteiger partial charge in [0.15, 0.2) is 0 Å². The number of carbonyl (C=O) groups excluding carboxylic acids is 1. The maximum atomic E-state index is 11.8. The van der Waals surface area contributed by atoms with Crippen molar-refractivity contribution >= 4 is 17.4 Å². The van der Waals surface area contributed by atoms with Gasteiger partial charge in [-0.05, 0) is 32.2 Å². The van der Waals surface area contributed by atoms with Crippen LogP contribution in [-0.2, 0) is 6.42 Å². The molecule has 0 saturated heterocycles. The third-order valence-electron chi connectivity index (χ3n) is 3.31. The zero-order valence-corrected chi connectivity index (χ0v) is 13.5. The smallest absolute Gasteiger partial charge is 0.317 e. The number of amides is 2. The molecule has 0 aliphatic rings. The zero-order valence-electron chi connectivity index (χ0n) is 12.7. The van der Waals surface area contributed by atoms with Crippen molar-refractivity contribution in [2.24, 2.45) is 0 Å². The molecule has 0 fully saturated rings. The van der Waals surface area contributed by atoms with Crippen LogP contribution in [0.4, 0.5) is 4.79 Å². The van der Waals surface area contributed by atoms with Crippen LogP contribution in [0, 0.1) is 6.92 Å². The molecule has 1 N–H and O–H groups in total. The Kier molecular flexibility index (Phi) is 5.38. The summed E-state index contributed by atoms with van der Waals surface area (Å²) in [5.74, 6) is 1.48. The molecule has 0 radical (unpaired) electrons. The van der Waals surface area contributed by atoms with Gasteiger partial charge in [-0.2, -0.15) is 0 Å². The van der Waals surface area contributed by atoms with Crippen LogP contribution in [0.1, 0.15) is 25.3 Å². The van der Waals surface area contributed by atoms with Crippen LogP contribution in [-0.4, -0.2) is 35.5 Å². The fraction of sp³-hybridized carbons (Fsp3) is 0.467. The van der Waals surface area contributed by atoms with Crippen LogP contribution in [0.3, 0.4) is 0 Å². The fourth-order valence-electron chi connectivity index (χ4n) is 2.08. The lowest BCUT2D eigenvalue weighted by Crippen LogP contribution is -2.40. The lowest BCUT2D eigenvalue weighted by atomic mass is 10.3. The lowest BCUT2D eigenvalue weighted by Gasteiger charge is -2.18. The predicted molar refractivity (Wildman–Crippen MR) is 84.6 cm³/mol. The first-order chi connectivity index (χ1) is 10.2. The average molecular weight is 307 g/mol. The normalized spacial score (nSPS) is 10.6. The first kappa shape index (κ1) is 15.6. The van der Waals surface area contributed by atoms with E-state index in [1.165, 1.54) is 0 Å². The number of thiophene rings is 1. The highest BCUT2D eigenvalue weighted by Gasteiger charge is 2.13. The van der Waals surface area contributed by atoms with Gasteiger partial charge in [-0.1, -0.05) is 6.07 Å². The molecule has 6 heteroatoms. The second kappa shape index (κ2) is 7.26. The maximum absolute atomic E-state index is 11.8. The number of hydrogen-bond acceptors (Lipinski definition) is 4. The van der Waals surface area contributed by atoms with Gasteiger partial charge in [-0.3, -0.25) is 0 Å². The van der Waals surface area contributed by atoms with Crippen molar-refractivity contribution in [1.82, 2.24) is 15.2 Å². The van der Waals surface area contributed by atoms with Crippen LogP contribution in [0.5, 0.6) is 0 Å². The second-order valence-electron chi connectivity index (χ2n) is 4.65. The number of oxazole rings is 1. The number of carbonyl (C=O) groups is 1. The molecule has 0 aliphatic carbocycles. The molecule has 0 spiro atoms. The number of aromatic nitrogens is 1. The van der Waals surface area contributed by atoms with E-state index in [0.29, 0.717) is 31.9 Å². The number of nitrogens with one attached hydrogen (secondary N) is 1. The molecule has 0 saturated carbocycles. The van der Waals surface area contributed by atoms with Crippen molar-refractivity contribution in [3.63, 3.8) is 0 Å². The molecule has 2 heterocycles. The van der Waals surface area contributed by atoms with Crippen LogP contribution in [0.15, 0.2) is 21.9 Å². The summed E-state index contributed by atoms with van der Waals surface area (Å²) in [6.07, 6.45) is 0.674. The summed E-state index contributed by atoms with van der Waals surface area (Å²) in [7, 11) is 0. The molecule has 0 atom stereocenters. The number of hydrogen-bond donors (Lipinski definition) is 1. The number of urea groups is 1. The molecule has 2 amide bonds. The van der Waals surface area contributed by atoms with Gasteiger partial charge in [-0.15, -0.1) is 11.3 Å². The molecule has 2 aromatic heterocycles. The summed E-state index contributed by atoms with van der Waals surface area (Å²) < 4.78 is 5.68. The van der Waals surface area contributed by atoms with E-state index in [0.717, 1.165) is 16.3 Å². The highest BCUT2D eigenvalue weighted by Crippen LogP contribution is 2.25. The van der Waals surface area contributed by atoms with E-state index < -0.39 is 0 Å². The summed E-state index contributed by atoms with van der Waals surface area (Å²) in [6.45, 7) is 7.84. The Hall–Kier alpha value is -1.82. The first-order valence-corrected chi connectivity index (χ1v) is 8.06. The van der Waals surface area contributed by atoms with E-state index in [1.807, 2.05) is 38.3 Å². The quantitative estimate of drug-likeness (QED) is 0.890. The minimum absolute atomic E-state index is 0.0281. The van der Waals surface area contributed by atoms with Crippen molar-refractivity contribution in [3.8, 4) is 10.8 Å². The Balaban J connectivity index is 1.91. The molecule has 0 unspecified atom stereocenters. The zero-order chi connectivity index (χ0) is 15.2. The minimum Gasteiger partial charge on any atom is -0.440 e. The first-order valence-electron chi connectivity index (χ1n) is 7.18. The standard InChI is InChI=1S/C15H21N3O2S/c1-4-18(5-2)15(19)16-9-8-12-11(3)20-14(17-12)13-7-6-10-21-13/h6-7,10H,4-5,8-9H2,1-3H3,(H,16,19). The molecule has 2 rings (SSSR count). The minimum atomic E-state index is -0.0281. The molecular weight excluding hydrogens is 286 g/mol. The monoisotopic (exact) mass is 307 g/mol. The van der Waals surface area contributed by atoms with E-state index in [4.69, 9.17) is 4.42 Å². The van der Waals surface area contributed by atoms with Gasteiger partial charge in [0.05, 0.1) is 10.6 Å². The Morgan fingerprint density at radius 1 is 1.43 bits per heavy atom. The highest BCUT2D eigenvalue weighted by molar-refractivity contribution is 7.13. The topological polar surface area (TPSA) is 58.4 Å². The van der Waals surface area contributed by atoms with E-state index in [-0.39, 0.29) is 6.03 Å². The maximum Gasteiger partial charge on any atom is 0.317 e. The van der Waals surface area contributed by atoms with Gasteiger partial charge in [-0.25, -0.2) is 9.78 Å². The third-order valence-corrected chi connectivity index (χ3v) is 4.17. The summed E-state index contributed by atoms with van der Waals surface area (Å²) >= 11 is 1.60. The number of aryl methyl sites for hydroxylation is 1. The molecule has 114 valence electrons. The van der Waals surface area contributed by atoms with Crippen molar-refractivity contribution in [3.05, 3.63) is 29.0 Å². The SMILES string of the molecule is CCN(CC)C(=O)NCCc1nc(-c2cccs2)oc1C. The molecular formula is C15H21N3O2S. The Bertz CT molecular complexity index is 574. The average Bonchev–Trinajstić information content (AvgIpc) is 3.10. The lowest BCUT2D eigenvalue weighted by molar-refractivity contribution is 0.203. The number of rotatable bonds is 6. The largest absolute Gasteiger partial charge is 0.440 e.